The molecule has 0 fully saturated rings. The number of aromatic nitrogens is 2. The fourth-order valence-corrected chi connectivity index (χ4v) is 2.61. The first-order chi connectivity index (χ1) is 7.96. The van der Waals surface area contributed by atoms with Gasteiger partial charge < -0.3 is 0 Å². The summed E-state index contributed by atoms with van der Waals surface area (Å²) in [5, 5.41) is 11.3. The summed E-state index contributed by atoms with van der Waals surface area (Å²) in [5.74, 6) is -1.12. The quantitative estimate of drug-likeness (QED) is 0.833. The number of nitrogens with zero attached hydrogens (tertiary/aromatic N) is 2. The standard InChI is InChI=1S/C9H15N3O3S2/c1-3-5-8-11-12-9(16-8)10-7(13)6-17(14,15)4-2/h3-6H2,1-2H3,(H,10,12,13). The van der Waals surface area contributed by atoms with Crippen molar-refractivity contribution in [2.75, 3.05) is 16.8 Å². The SMILES string of the molecule is CCCc1nnc(NC(=O)CS(=O)(=O)CC)s1. The van der Waals surface area contributed by atoms with Gasteiger partial charge in [-0.05, 0) is 6.42 Å². The van der Waals surface area contributed by atoms with Gasteiger partial charge in [0.15, 0.2) is 9.84 Å². The van der Waals surface area contributed by atoms with Crippen molar-refractivity contribution in [3.63, 3.8) is 0 Å². The molecule has 1 N–H and O–H groups in total. The van der Waals surface area contributed by atoms with Gasteiger partial charge >= 0.3 is 0 Å². The molecule has 0 bridgehead atoms. The summed E-state index contributed by atoms with van der Waals surface area (Å²) in [6.45, 7) is 3.53. The summed E-state index contributed by atoms with van der Waals surface area (Å²) >= 11 is 1.27. The third-order valence-electron chi connectivity index (χ3n) is 1.97. The van der Waals surface area contributed by atoms with Crippen LogP contribution in [0.2, 0.25) is 0 Å². The molecule has 0 aliphatic carbocycles. The first-order valence-electron chi connectivity index (χ1n) is 5.29. The van der Waals surface area contributed by atoms with Crippen LogP contribution in [0.1, 0.15) is 25.3 Å². The lowest BCUT2D eigenvalue weighted by Crippen LogP contribution is -2.23. The van der Waals surface area contributed by atoms with Gasteiger partial charge in [-0.2, -0.15) is 0 Å². The van der Waals surface area contributed by atoms with Crippen LogP contribution >= 0.6 is 11.3 Å². The van der Waals surface area contributed by atoms with Crippen LogP contribution < -0.4 is 5.32 Å². The maximum atomic E-state index is 11.4. The minimum absolute atomic E-state index is 0.0440. The fraction of sp³-hybridized carbons (Fsp3) is 0.667. The lowest BCUT2D eigenvalue weighted by molar-refractivity contribution is -0.113. The molecule has 0 aliphatic heterocycles. The van der Waals surface area contributed by atoms with E-state index in [9.17, 15) is 13.2 Å². The van der Waals surface area contributed by atoms with Crippen LogP contribution in [0.15, 0.2) is 0 Å². The summed E-state index contributed by atoms with van der Waals surface area (Å²) in [5.41, 5.74) is 0. The minimum Gasteiger partial charge on any atom is -0.300 e. The van der Waals surface area contributed by atoms with E-state index in [2.05, 4.69) is 15.5 Å². The number of carbonyl (C=O) groups excluding carboxylic acids is 1. The zero-order valence-electron chi connectivity index (χ0n) is 9.76. The van der Waals surface area contributed by atoms with Crippen LogP contribution in [0.25, 0.3) is 0 Å². The van der Waals surface area contributed by atoms with Crippen LogP contribution in [0.5, 0.6) is 0 Å². The van der Waals surface area contributed by atoms with Crippen molar-refractivity contribution >= 4 is 32.2 Å². The van der Waals surface area contributed by atoms with Crippen molar-refractivity contribution in [3.8, 4) is 0 Å². The van der Waals surface area contributed by atoms with Crippen molar-refractivity contribution in [3.05, 3.63) is 5.01 Å². The molecule has 0 radical (unpaired) electrons. The maximum absolute atomic E-state index is 11.4. The van der Waals surface area contributed by atoms with E-state index >= 15 is 0 Å². The number of carbonyl (C=O) groups is 1. The average Bonchev–Trinajstić information content (AvgIpc) is 2.65. The molecule has 0 spiro atoms. The van der Waals surface area contributed by atoms with Crippen LogP contribution in [0.4, 0.5) is 5.13 Å². The molecule has 0 aromatic carbocycles. The van der Waals surface area contributed by atoms with Crippen molar-refractivity contribution in [2.45, 2.75) is 26.7 Å². The van der Waals surface area contributed by atoms with Gasteiger partial charge in [-0.25, -0.2) is 8.42 Å². The van der Waals surface area contributed by atoms with Gasteiger partial charge in [-0.1, -0.05) is 25.2 Å². The molecule has 8 heteroatoms. The predicted octanol–water partition coefficient (Wildman–Crippen LogP) is 0.864. The van der Waals surface area contributed by atoms with Gasteiger partial charge in [-0.3, -0.25) is 10.1 Å². The van der Waals surface area contributed by atoms with Crippen LogP contribution in [0, 0.1) is 0 Å². The molecule has 1 amide bonds. The molecule has 1 heterocycles. The van der Waals surface area contributed by atoms with Gasteiger partial charge in [0.25, 0.3) is 0 Å². The Morgan fingerprint density at radius 1 is 1.35 bits per heavy atom. The molecule has 0 atom stereocenters. The Morgan fingerprint density at radius 3 is 2.65 bits per heavy atom. The number of aryl methyl sites for hydroxylation is 1. The highest BCUT2D eigenvalue weighted by molar-refractivity contribution is 7.92. The molecule has 0 saturated carbocycles. The number of hydrogen-bond donors (Lipinski definition) is 1. The average molecular weight is 277 g/mol. The van der Waals surface area contributed by atoms with Crippen molar-refractivity contribution in [1.82, 2.24) is 10.2 Å². The van der Waals surface area contributed by atoms with Crippen molar-refractivity contribution < 1.29 is 13.2 Å². The van der Waals surface area contributed by atoms with Gasteiger partial charge in [-0.15, -0.1) is 10.2 Å². The second-order valence-electron chi connectivity index (χ2n) is 3.48. The lowest BCUT2D eigenvalue weighted by atomic mass is 10.4. The fourth-order valence-electron chi connectivity index (χ4n) is 1.08. The molecule has 6 nitrogen and oxygen atoms in total. The summed E-state index contributed by atoms with van der Waals surface area (Å²) in [4.78, 5) is 11.4. The van der Waals surface area contributed by atoms with E-state index in [1.807, 2.05) is 6.92 Å². The van der Waals surface area contributed by atoms with E-state index in [1.54, 1.807) is 0 Å². The minimum atomic E-state index is -3.30. The highest BCUT2D eigenvalue weighted by Crippen LogP contribution is 2.16. The summed E-state index contributed by atoms with van der Waals surface area (Å²) in [6, 6.07) is 0. The third-order valence-corrected chi connectivity index (χ3v) is 4.45. The number of sulfone groups is 1. The van der Waals surface area contributed by atoms with E-state index in [-0.39, 0.29) is 5.75 Å². The highest BCUT2D eigenvalue weighted by atomic mass is 32.2. The largest absolute Gasteiger partial charge is 0.300 e. The van der Waals surface area contributed by atoms with Crippen LogP contribution in [-0.4, -0.2) is 36.0 Å². The molecule has 1 aromatic rings. The predicted molar refractivity (Wildman–Crippen MR) is 66.9 cm³/mol. The Labute approximate surface area is 104 Å². The maximum Gasteiger partial charge on any atom is 0.241 e. The Balaban J connectivity index is 2.56. The lowest BCUT2D eigenvalue weighted by Gasteiger charge is -2.00. The van der Waals surface area contributed by atoms with E-state index in [1.165, 1.54) is 18.3 Å². The second kappa shape index (κ2) is 6.06. The number of rotatable bonds is 6. The van der Waals surface area contributed by atoms with Gasteiger partial charge in [0.2, 0.25) is 11.0 Å². The topological polar surface area (TPSA) is 89.0 Å². The molecule has 0 saturated heterocycles. The van der Waals surface area contributed by atoms with Gasteiger partial charge in [0, 0.05) is 12.2 Å². The molecular formula is C9H15N3O3S2. The number of nitrogens with one attached hydrogen (secondary N) is 1. The Morgan fingerprint density at radius 2 is 2.06 bits per heavy atom. The number of hydrogen-bond acceptors (Lipinski definition) is 6. The van der Waals surface area contributed by atoms with Crippen LogP contribution in [0.3, 0.4) is 0 Å². The van der Waals surface area contributed by atoms with Crippen LogP contribution in [-0.2, 0) is 21.1 Å². The summed E-state index contributed by atoms with van der Waals surface area (Å²) in [7, 11) is -3.30. The molecule has 0 unspecified atom stereocenters. The molecule has 1 aromatic heterocycles. The Hall–Kier alpha value is -1.02. The van der Waals surface area contributed by atoms with E-state index in [0.29, 0.717) is 5.13 Å². The number of amides is 1. The van der Waals surface area contributed by atoms with Gasteiger partial charge in [0.05, 0.1) is 0 Å². The van der Waals surface area contributed by atoms with E-state index < -0.39 is 21.5 Å². The first-order valence-corrected chi connectivity index (χ1v) is 7.93. The highest BCUT2D eigenvalue weighted by Gasteiger charge is 2.15. The first kappa shape index (κ1) is 14.0. The molecule has 96 valence electrons. The zero-order chi connectivity index (χ0) is 12.9. The van der Waals surface area contributed by atoms with Crippen molar-refractivity contribution in [2.24, 2.45) is 0 Å². The molecular weight excluding hydrogens is 262 g/mol. The summed E-state index contributed by atoms with van der Waals surface area (Å²) < 4.78 is 22.4. The molecule has 1 rings (SSSR count). The normalized spacial score (nSPS) is 11.4. The Kier molecular flexibility index (Phi) is 5.01. The monoisotopic (exact) mass is 277 g/mol. The Bertz CT molecular complexity index is 481. The van der Waals surface area contributed by atoms with Gasteiger partial charge in [0.1, 0.15) is 10.8 Å². The second-order valence-corrected chi connectivity index (χ2v) is 6.89. The third kappa shape index (κ3) is 4.78. The van der Waals surface area contributed by atoms with E-state index in [4.69, 9.17) is 0 Å². The van der Waals surface area contributed by atoms with E-state index in [0.717, 1.165) is 17.8 Å². The van der Waals surface area contributed by atoms with Crippen molar-refractivity contribution in [1.29, 1.82) is 0 Å². The molecule has 0 aliphatic rings. The smallest absolute Gasteiger partial charge is 0.241 e. The number of anilines is 1. The summed E-state index contributed by atoms with van der Waals surface area (Å²) in [6.07, 6.45) is 1.76. The zero-order valence-corrected chi connectivity index (χ0v) is 11.4. The molecule has 17 heavy (non-hydrogen) atoms.